The second-order valence-corrected chi connectivity index (χ2v) is 3.96. The van der Waals surface area contributed by atoms with Gasteiger partial charge in [-0.05, 0) is 18.2 Å². The summed E-state index contributed by atoms with van der Waals surface area (Å²) in [6, 6.07) is 8.90. The predicted molar refractivity (Wildman–Crippen MR) is 65.3 cm³/mol. The van der Waals surface area contributed by atoms with Gasteiger partial charge in [-0.15, -0.1) is 0 Å². The first-order valence-electron chi connectivity index (χ1n) is 4.92. The summed E-state index contributed by atoms with van der Waals surface area (Å²) in [7, 11) is 1.68. The van der Waals surface area contributed by atoms with Crippen molar-refractivity contribution in [2.45, 2.75) is 0 Å². The summed E-state index contributed by atoms with van der Waals surface area (Å²) in [5.74, 6) is 4.71. The van der Waals surface area contributed by atoms with E-state index in [-0.39, 0.29) is 5.91 Å². The summed E-state index contributed by atoms with van der Waals surface area (Å²) in [6.45, 7) is 0. The van der Waals surface area contributed by atoms with E-state index in [9.17, 15) is 4.79 Å². The van der Waals surface area contributed by atoms with Crippen molar-refractivity contribution in [2.24, 2.45) is 12.9 Å². The third kappa shape index (κ3) is 2.30. The average Bonchev–Trinajstić information content (AvgIpc) is 2.71. The lowest BCUT2D eigenvalue weighted by Gasteiger charge is -1.97. The molecule has 88 valence electrons. The molecule has 0 atom stereocenters. The molecule has 3 N–H and O–H groups in total. The lowest BCUT2D eigenvalue weighted by atomic mass is 10.1. The molecule has 6 heteroatoms. The number of amides is 1. The van der Waals surface area contributed by atoms with Crippen LogP contribution in [0.3, 0.4) is 0 Å². The second-order valence-electron chi connectivity index (χ2n) is 3.52. The normalized spacial score (nSPS) is 10.3. The molecule has 17 heavy (non-hydrogen) atoms. The van der Waals surface area contributed by atoms with Crippen molar-refractivity contribution in [3.63, 3.8) is 0 Å². The van der Waals surface area contributed by atoms with Crippen molar-refractivity contribution in [3.8, 4) is 11.3 Å². The fraction of sp³-hybridized carbons (Fsp3) is 0.0909. The third-order valence-electron chi connectivity index (χ3n) is 2.38. The van der Waals surface area contributed by atoms with Gasteiger partial charge in [0.25, 0.3) is 5.91 Å². The monoisotopic (exact) mass is 250 g/mol. The van der Waals surface area contributed by atoms with Crippen molar-refractivity contribution in [1.82, 2.24) is 15.2 Å². The lowest BCUT2D eigenvalue weighted by Crippen LogP contribution is -2.31. The van der Waals surface area contributed by atoms with Crippen molar-refractivity contribution < 1.29 is 4.79 Å². The highest BCUT2D eigenvalue weighted by Crippen LogP contribution is 2.20. The van der Waals surface area contributed by atoms with Gasteiger partial charge in [-0.3, -0.25) is 14.9 Å². The highest BCUT2D eigenvalue weighted by atomic mass is 35.5. The average molecular weight is 251 g/mol. The minimum Gasteiger partial charge on any atom is -0.289 e. The quantitative estimate of drug-likeness (QED) is 0.480. The van der Waals surface area contributed by atoms with Crippen LogP contribution in [0.25, 0.3) is 11.3 Å². The van der Waals surface area contributed by atoms with Gasteiger partial charge < -0.3 is 0 Å². The van der Waals surface area contributed by atoms with E-state index in [1.165, 1.54) is 4.68 Å². The van der Waals surface area contributed by atoms with Gasteiger partial charge in [0.05, 0.1) is 5.69 Å². The van der Waals surface area contributed by atoms with Crippen molar-refractivity contribution in [2.75, 3.05) is 0 Å². The minimum atomic E-state index is -0.375. The molecule has 0 saturated carbocycles. The molecule has 0 aliphatic carbocycles. The van der Waals surface area contributed by atoms with E-state index in [4.69, 9.17) is 17.4 Å². The number of rotatable bonds is 2. The van der Waals surface area contributed by atoms with Crippen molar-refractivity contribution in [3.05, 3.63) is 41.0 Å². The molecule has 0 fully saturated rings. The van der Waals surface area contributed by atoms with Gasteiger partial charge in [0.1, 0.15) is 5.69 Å². The Morgan fingerprint density at radius 1 is 1.41 bits per heavy atom. The number of hydrazine groups is 1. The van der Waals surface area contributed by atoms with E-state index >= 15 is 0 Å². The zero-order chi connectivity index (χ0) is 12.4. The molecule has 1 amide bonds. The van der Waals surface area contributed by atoms with E-state index in [2.05, 4.69) is 10.5 Å². The fourth-order valence-electron chi connectivity index (χ4n) is 1.52. The molecular formula is C11H11ClN4O. The molecule has 1 aromatic carbocycles. The summed E-state index contributed by atoms with van der Waals surface area (Å²) < 4.78 is 1.48. The standard InChI is InChI=1S/C11H11ClN4O/c1-16-10(11(17)14-13)6-9(15-16)7-2-4-8(12)5-3-7/h2-6H,13H2,1H3,(H,14,17). The molecule has 1 aromatic heterocycles. The topological polar surface area (TPSA) is 72.9 Å². The number of hydrogen-bond acceptors (Lipinski definition) is 3. The Bertz CT molecular complexity index is 547. The van der Waals surface area contributed by atoms with Crippen molar-refractivity contribution >= 4 is 17.5 Å². The van der Waals surface area contributed by atoms with Crippen LogP contribution in [-0.4, -0.2) is 15.7 Å². The van der Waals surface area contributed by atoms with Crippen LogP contribution in [0.4, 0.5) is 0 Å². The summed E-state index contributed by atoms with van der Waals surface area (Å²) in [4.78, 5) is 11.4. The van der Waals surface area contributed by atoms with Crippen molar-refractivity contribution in [1.29, 1.82) is 0 Å². The number of benzene rings is 1. The maximum absolute atomic E-state index is 11.4. The fourth-order valence-corrected chi connectivity index (χ4v) is 1.64. The van der Waals surface area contributed by atoms with Gasteiger partial charge >= 0.3 is 0 Å². The summed E-state index contributed by atoms with van der Waals surface area (Å²) in [6.07, 6.45) is 0. The van der Waals surface area contributed by atoms with E-state index in [0.717, 1.165) is 5.56 Å². The zero-order valence-electron chi connectivity index (χ0n) is 9.14. The number of nitrogens with one attached hydrogen (secondary N) is 1. The molecule has 0 unspecified atom stereocenters. The molecule has 0 aliphatic heterocycles. The predicted octanol–water partition coefficient (Wildman–Crippen LogP) is 1.34. The molecule has 0 radical (unpaired) electrons. The summed E-state index contributed by atoms with van der Waals surface area (Å²) in [5.41, 5.74) is 4.06. The zero-order valence-corrected chi connectivity index (χ0v) is 9.90. The van der Waals surface area contributed by atoms with Gasteiger partial charge in [-0.1, -0.05) is 23.7 Å². The van der Waals surface area contributed by atoms with Crippen LogP contribution in [0.15, 0.2) is 30.3 Å². The van der Waals surface area contributed by atoms with Crippen LogP contribution in [0.5, 0.6) is 0 Å². The molecule has 2 rings (SSSR count). The molecule has 0 saturated heterocycles. The first-order valence-corrected chi connectivity index (χ1v) is 5.30. The van der Waals surface area contributed by atoms with E-state index in [0.29, 0.717) is 16.4 Å². The Morgan fingerprint density at radius 2 is 2.06 bits per heavy atom. The van der Waals surface area contributed by atoms with Crippen LogP contribution >= 0.6 is 11.6 Å². The Labute approximate surface area is 103 Å². The van der Waals surface area contributed by atoms with Gasteiger partial charge in [-0.2, -0.15) is 5.10 Å². The molecule has 2 aromatic rings. The molecule has 5 nitrogen and oxygen atoms in total. The van der Waals surface area contributed by atoms with Crippen LogP contribution < -0.4 is 11.3 Å². The maximum atomic E-state index is 11.4. The Kier molecular flexibility index (Phi) is 3.12. The maximum Gasteiger partial charge on any atom is 0.283 e. The first kappa shape index (κ1) is 11.6. The summed E-state index contributed by atoms with van der Waals surface area (Å²) in [5, 5.41) is 4.89. The molecule has 1 heterocycles. The Balaban J connectivity index is 2.41. The van der Waals surface area contributed by atoms with Gasteiger partial charge in [0.2, 0.25) is 0 Å². The smallest absolute Gasteiger partial charge is 0.283 e. The number of aryl methyl sites for hydroxylation is 1. The van der Waals surface area contributed by atoms with Gasteiger partial charge in [0, 0.05) is 17.6 Å². The molecule has 0 spiro atoms. The van der Waals surface area contributed by atoms with Crippen LogP contribution in [-0.2, 0) is 7.05 Å². The number of hydrogen-bond donors (Lipinski definition) is 2. The van der Waals surface area contributed by atoms with Gasteiger partial charge in [-0.25, -0.2) is 5.84 Å². The molecule has 0 aliphatic rings. The number of carbonyl (C=O) groups excluding carboxylic acids is 1. The molecular weight excluding hydrogens is 240 g/mol. The SMILES string of the molecule is Cn1nc(-c2ccc(Cl)cc2)cc1C(=O)NN. The largest absolute Gasteiger partial charge is 0.289 e. The van der Waals surface area contributed by atoms with Crippen LogP contribution in [0.1, 0.15) is 10.5 Å². The van der Waals surface area contributed by atoms with E-state index < -0.39 is 0 Å². The van der Waals surface area contributed by atoms with Crippen LogP contribution in [0.2, 0.25) is 5.02 Å². The second kappa shape index (κ2) is 4.57. The number of carbonyl (C=O) groups is 1. The number of nitrogens with zero attached hydrogens (tertiary/aromatic N) is 2. The number of aromatic nitrogens is 2. The van der Waals surface area contributed by atoms with E-state index in [1.54, 1.807) is 25.2 Å². The summed E-state index contributed by atoms with van der Waals surface area (Å²) >= 11 is 5.80. The lowest BCUT2D eigenvalue weighted by molar-refractivity contribution is 0.0944. The number of nitrogens with two attached hydrogens (primary N) is 1. The third-order valence-corrected chi connectivity index (χ3v) is 2.64. The Hall–Kier alpha value is -1.85. The van der Waals surface area contributed by atoms with E-state index in [1.807, 2.05) is 12.1 Å². The highest BCUT2D eigenvalue weighted by molar-refractivity contribution is 6.30. The molecule has 0 bridgehead atoms. The van der Waals surface area contributed by atoms with Gasteiger partial charge in [0.15, 0.2) is 0 Å². The number of nitrogen functional groups attached to an aromatic ring is 1. The highest BCUT2D eigenvalue weighted by Gasteiger charge is 2.12. The minimum absolute atomic E-state index is 0.375. The van der Waals surface area contributed by atoms with Crippen LogP contribution in [0, 0.1) is 0 Å². The number of halogens is 1. The first-order chi connectivity index (χ1) is 8.11. The Morgan fingerprint density at radius 3 is 2.65 bits per heavy atom.